The van der Waals surface area contributed by atoms with Crippen LogP contribution >= 0.6 is 0 Å². The molecule has 4 nitrogen and oxygen atoms in total. The monoisotopic (exact) mass is 157 g/mol. The molecular weight excluding hydrogens is 140 g/mol. The Morgan fingerprint density at radius 2 is 1.91 bits per heavy atom. The highest BCUT2D eigenvalue weighted by Gasteiger charge is 2.12. The molecule has 11 heavy (non-hydrogen) atoms. The van der Waals surface area contributed by atoms with Gasteiger partial charge in [0, 0.05) is 39.3 Å². The van der Waals surface area contributed by atoms with E-state index in [9.17, 15) is 0 Å². The lowest BCUT2D eigenvalue weighted by molar-refractivity contribution is 0.154. The summed E-state index contributed by atoms with van der Waals surface area (Å²) in [4.78, 5) is 4.74. The lowest BCUT2D eigenvalue weighted by Crippen LogP contribution is -2.46. The molecule has 0 spiro atoms. The lowest BCUT2D eigenvalue weighted by atomic mass is 10.3. The van der Waals surface area contributed by atoms with Crippen molar-refractivity contribution >= 4 is 0 Å². The Bertz CT molecular complexity index is 95.9. The number of likely N-dealkylation sites (N-methyl/N-ethyl adjacent to an activating group) is 1. The molecule has 0 unspecified atom stereocenters. The first kappa shape index (κ1) is 8.93. The molecular formula is C7H17N4. The third-order valence-corrected chi connectivity index (χ3v) is 2.14. The second-order valence-corrected chi connectivity index (χ2v) is 3.05. The van der Waals surface area contributed by atoms with Gasteiger partial charge in [-0.2, -0.15) is 5.43 Å². The molecule has 1 aliphatic heterocycles. The molecule has 1 fully saturated rings. The van der Waals surface area contributed by atoms with Crippen molar-refractivity contribution < 1.29 is 0 Å². The van der Waals surface area contributed by atoms with Gasteiger partial charge >= 0.3 is 0 Å². The lowest BCUT2D eigenvalue weighted by Gasteiger charge is -2.31. The van der Waals surface area contributed by atoms with Gasteiger partial charge in [-0.3, -0.25) is 10.7 Å². The Morgan fingerprint density at radius 3 is 2.45 bits per heavy atom. The molecule has 4 heteroatoms. The van der Waals surface area contributed by atoms with Gasteiger partial charge in [0.2, 0.25) is 0 Å². The smallest absolute Gasteiger partial charge is 0.0429 e. The molecule has 0 bridgehead atoms. The second-order valence-electron chi connectivity index (χ2n) is 3.05. The average Bonchev–Trinajstić information content (AvgIpc) is 2.04. The normalized spacial score (nSPS) is 22.4. The zero-order valence-corrected chi connectivity index (χ0v) is 7.16. The molecule has 0 aromatic rings. The van der Waals surface area contributed by atoms with E-state index in [1.54, 1.807) is 0 Å². The molecule has 1 rings (SSSR count). The summed E-state index contributed by atoms with van der Waals surface area (Å²) < 4.78 is 0. The molecule has 1 radical (unpaired) electrons. The highest BCUT2D eigenvalue weighted by Crippen LogP contribution is 1.96. The fourth-order valence-corrected chi connectivity index (χ4v) is 1.27. The van der Waals surface area contributed by atoms with Crippen LogP contribution < -0.4 is 11.3 Å². The van der Waals surface area contributed by atoms with E-state index < -0.39 is 0 Å². The van der Waals surface area contributed by atoms with E-state index in [1.807, 2.05) is 0 Å². The Balaban J connectivity index is 2.07. The molecule has 65 valence electrons. The van der Waals surface area contributed by atoms with E-state index in [0.29, 0.717) is 0 Å². The summed E-state index contributed by atoms with van der Waals surface area (Å²) >= 11 is 0. The van der Waals surface area contributed by atoms with Crippen molar-refractivity contribution in [1.82, 2.24) is 15.2 Å². The van der Waals surface area contributed by atoms with E-state index in [4.69, 9.17) is 5.84 Å². The number of hydrogen-bond donors (Lipinski definition) is 1. The maximum Gasteiger partial charge on any atom is 0.0429 e. The summed E-state index contributed by atoms with van der Waals surface area (Å²) in [5, 5.41) is 0. The summed E-state index contributed by atoms with van der Waals surface area (Å²) in [5.41, 5.74) is 3.59. The van der Waals surface area contributed by atoms with Crippen molar-refractivity contribution in [2.24, 2.45) is 5.84 Å². The van der Waals surface area contributed by atoms with E-state index in [2.05, 4.69) is 22.3 Å². The molecule has 0 aliphatic carbocycles. The van der Waals surface area contributed by atoms with Crippen LogP contribution in [0.1, 0.15) is 0 Å². The average molecular weight is 157 g/mol. The molecule has 1 aliphatic rings. The van der Waals surface area contributed by atoms with E-state index in [0.717, 1.165) is 26.2 Å². The quantitative estimate of drug-likeness (QED) is 0.410. The van der Waals surface area contributed by atoms with Crippen LogP contribution in [0.5, 0.6) is 0 Å². The zero-order chi connectivity index (χ0) is 8.10. The van der Waals surface area contributed by atoms with Crippen LogP contribution in [0.25, 0.3) is 0 Å². The van der Waals surface area contributed by atoms with Gasteiger partial charge in [-0.05, 0) is 7.05 Å². The highest BCUT2D eigenvalue weighted by atomic mass is 15.3. The van der Waals surface area contributed by atoms with Gasteiger partial charge in [0.25, 0.3) is 0 Å². The SMILES string of the molecule is CN1CCN(CC[N]N)CC1. The van der Waals surface area contributed by atoms with E-state index in [-0.39, 0.29) is 0 Å². The first-order valence-corrected chi connectivity index (χ1v) is 4.10. The van der Waals surface area contributed by atoms with E-state index in [1.165, 1.54) is 13.1 Å². The maximum atomic E-state index is 5.06. The standard InChI is InChI=1S/C7H17N4/c1-10-4-6-11(7-5-10)3-2-9-8/h2-8H2,1H3. The molecule has 0 aromatic heterocycles. The minimum Gasteiger partial charge on any atom is -0.304 e. The topological polar surface area (TPSA) is 46.6 Å². The van der Waals surface area contributed by atoms with Crippen molar-refractivity contribution in [2.75, 3.05) is 46.3 Å². The highest BCUT2D eigenvalue weighted by molar-refractivity contribution is 4.68. The first-order valence-electron chi connectivity index (χ1n) is 4.10. The van der Waals surface area contributed by atoms with Gasteiger partial charge in [0.15, 0.2) is 0 Å². The van der Waals surface area contributed by atoms with Crippen LogP contribution in [0.15, 0.2) is 0 Å². The van der Waals surface area contributed by atoms with E-state index >= 15 is 0 Å². The van der Waals surface area contributed by atoms with Crippen molar-refractivity contribution in [3.63, 3.8) is 0 Å². The summed E-state index contributed by atoms with van der Waals surface area (Å²) in [6.45, 7) is 6.45. The molecule has 0 atom stereocenters. The molecule has 0 saturated carbocycles. The van der Waals surface area contributed by atoms with Gasteiger partial charge in [-0.1, -0.05) is 0 Å². The van der Waals surface area contributed by atoms with Crippen molar-refractivity contribution in [3.8, 4) is 0 Å². The maximum absolute atomic E-state index is 5.06. The summed E-state index contributed by atoms with van der Waals surface area (Å²) in [6.07, 6.45) is 0. The third-order valence-electron chi connectivity index (χ3n) is 2.14. The largest absolute Gasteiger partial charge is 0.304 e. The summed E-state index contributed by atoms with van der Waals surface area (Å²) in [6, 6.07) is 0. The molecule has 2 N–H and O–H groups in total. The van der Waals surface area contributed by atoms with Crippen LogP contribution in [0.2, 0.25) is 0 Å². The van der Waals surface area contributed by atoms with Crippen LogP contribution in [0, 0.1) is 0 Å². The summed E-state index contributed by atoms with van der Waals surface area (Å²) in [5.74, 6) is 5.06. The predicted octanol–water partition coefficient (Wildman–Crippen LogP) is -1.29. The van der Waals surface area contributed by atoms with Crippen molar-refractivity contribution in [1.29, 1.82) is 0 Å². The van der Waals surface area contributed by atoms with Crippen LogP contribution in [0.4, 0.5) is 0 Å². The molecule has 0 aromatic carbocycles. The van der Waals surface area contributed by atoms with Crippen molar-refractivity contribution in [2.45, 2.75) is 0 Å². The van der Waals surface area contributed by atoms with Crippen LogP contribution in [-0.4, -0.2) is 56.1 Å². The fraction of sp³-hybridized carbons (Fsp3) is 1.00. The second kappa shape index (κ2) is 4.66. The predicted molar refractivity (Wildman–Crippen MR) is 45.1 cm³/mol. The van der Waals surface area contributed by atoms with Gasteiger partial charge in [-0.15, -0.1) is 0 Å². The minimum atomic E-state index is 0.768. The number of piperazine rings is 1. The zero-order valence-electron chi connectivity index (χ0n) is 7.16. The number of rotatable bonds is 3. The Kier molecular flexibility index (Phi) is 3.79. The Morgan fingerprint density at radius 1 is 1.27 bits per heavy atom. The van der Waals surface area contributed by atoms with Gasteiger partial charge in [0.1, 0.15) is 0 Å². The first-order chi connectivity index (χ1) is 5.33. The molecule has 1 saturated heterocycles. The van der Waals surface area contributed by atoms with Gasteiger partial charge in [-0.25, -0.2) is 0 Å². The van der Waals surface area contributed by atoms with Crippen LogP contribution in [-0.2, 0) is 0 Å². The number of nitrogens with two attached hydrogens (primary N) is 1. The third kappa shape index (κ3) is 3.16. The molecule has 1 heterocycles. The molecule has 0 amide bonds. The number of nitrogens with zero attached hydrogens (tertiary/aromatic N) is 3. The Labute approximate surface area is 68.3 Å². The van der Waals surface area contributed by atoms with Gasteiger partial charge in [0.05, 0.1) is 0 Å². The Hall–Kier alpha value is -0.160. The number of hydrogen-bond acceptors (Lipinski definition) is 3. The fourth-order valence-electron chi connectivity index (χ4n) is 1.27. The van der Waals surface area contributed by atoms with Crippen LogP contribution in [0.3, 0.4) is 0 Å². The van der Waals surface area contributed by atoms with Gasteiger partial charge < -0.3 is 4.90 Å². The van der Waals surface area contributed by atoms with Crippen molar-refractivity contribution in [3.05, 3.63) is 0 Å². The summed E-state index contributed by atoms with van der Waals surface area (Å²) in [7, 11) is 2.16. The minimum absolute atomic E-state index is 0.768.